The van der Waals surface area contributed by atoms with Crippen LogP contribution in [0.1, 0.15) is 10.4 Å². The summed E-state index contributed by atoms with van der Waals surface area (Å²) >= 11 is 8.53. The van der Waals surface area contributed by atoms with Crippen molar-refractivity contribution in [2.45, 2.75) is 13.5 Å². The van der Waals surface area contributed by atoms with Crippen molar-refractivity contribution in [2.75, 3.05) is 5.32 Å². The van der Waals surface area contributed by atoms with Crippen molar-refractivity contribution in [3.05, 3.63) is 53.1 Å². The minimum atomic E-state index is -0.368. The molecule has 7 heteroatoms. The molecule has 0 saturated heterocycles. The maximum Gasteiger partial charge on any atom is 0.272 e. The fourth-order valence-electron chi connectivity index (χ4n) is 1.64. The van der Waals surface area contributed by atoms with Gasteiger partial charge in [-0.1, -0.05) is 0 Å². The molecule has 0 radical (unpaired) electrons. The molecule has 4 nitrogen and oxygen atoms in total. The predicted molar refractivity (Wildman–Crippen MR) is 84.9 cm³/mol. The Morgan fingerprint density at radius 2 is 2.11 bits per heavy atom. The highest BCUT2D eigenvalue weighted by molar-refractivity contribution is 9.13. The number of nitro groups is 1. The van der Waals surface area contributed by atoms with Gasteiger partial charge in [0.05, 0.1) is 8.71 Å². The lowest BCUT2D eigenvalue weighted by Gasteiger charge is -2.06. The highest BCUT2D eigenvalue weighted by Gasteiger charge is 2.10. The van der Waals surface area contributed by atoms with Gasteiger partial charge >= 0.3 is 0 Å². The number of anilines is 1. The van der Waals surface area contributed by atoms with E-state index < -0.39 is 0 Å². The summed E-state index contributed by atoms with van der Waals surface area (Å²) in [5.74, 6) is 0. The van der Waals surface area contributed by atoms with E-state index in [0.29, 0.717) is 12.1 Å². The summed E-state index contributed by atoms with van der Waals surface area (Å²) in [6, 6.07) is 7.08. The van der Waals surface area contributed by atoms with Crippen LogP contribution in [0.4, 0.5) is 11.4 Å². The Morgan fingerprint density at radius 3 is 2.63 bits per heavy atom. The summed E-state index contributed by atoms with van der Waals surface area (Å²) in [6.45, 7) is 2.42. The molecule has 0 unspecified atom stereocenters. The SMILES string of the molecule is Cc1cc(NCc2cc(Br)c(Br)s2)ccc1[N+](=O)[O-]. The van der Waals surface area contributed by atoms with E-state index in [0.717, 1.165) is 13.9 Å². The van der Waals surface area contributed by atoms with Crippen molar-refractivity contribution in [3.8, 4) is 0 Å². The molecule has 2 aromatic rings. The predicted octanol–water partition coefficient (Wildman–Crippen LogP) is 5.10. The van der Waals surface area contributed by atoms with Crippen LogP contribution >= 0.6 is 43.2 Å². The number of halogens is 2. The molecule has 0 bridgehead atoms. The van der Waals surface area contributed by atoms with E-state index >= 15 is 0 Å². The quantitative estimate of drug-likeness (QED) is 0.568. The summed E-state index contributed by atoms with van der Waals surface area (Å²) in [7, 11) is 0. The lowest BCUT2D eigenvalue weighted by Crippen LogP contribution is -1.99. The number of nitro benzene ring substituents is 1. The van der Waals surface area contributed by atoms with Crippen molar-refractivity contribution in [3.63, 3.8) is 0 Å². The molecule has 0 amide bonds. The highest BCUT2D eigenvalue weighted by Crippen LogP contribution is 2.32. The van der Waals surface area contributed by atoms with Crippen LogP contribution < -0.4 is 5.32 Å². The van der Waals surface area contributed by atoms with Crippen LogP contribution in [0.3, 0.4) is 0 Å². The van der Waals surface area contributed by atoms with Gasteiger partial charge in [0.1, 0.15) is 0 Å². The fourth-order valence-corrected chi connectivity index (χ4v) is 3.75. The molecule has 1 N–H and O–H groups in total. The normalized spacial score (nSPS) is 10.5. The smallest absolute Gasteiger partial charge is 0.272 e. The minimum absolute atomic E-state index is 0.146. The summed E-state index contributed by atoms with van der Waals surface area (Å²) in [5, 5.41) is 14.0. The number of benzene rings is 1. The molecule has 19 heavy (non-hydrogen) atoms. The van der Waals surface area contributed by atoms with Crippen molar-refractivity contribution in [1.29, 1.82) is 0 Å². The number of thiophene rings is 1. The molecule has 0 aliphatic carbocycles. The lowest BCUT2D eigenvalue weighted by atomic mass is 10.2. The van der Waals surface area contributed by atoms with Crippen LogP contribution in [0.25, 0.3) is 0 Å². The third-order valence-corrected chi connectivity index (χ3v) is 5.81. The zero-order valence-corrected chi connectivity index (χ0v) is 13.9. The maximum atomic E-state index is 10.7. The molecule has 0 saturated carbocycles. The Kier molecular flexibility index (Phi) is 4.59. The zero-order valence-electron chi connectivity index (χ0n) is 9.94. The van der Waals surface area contributed by atoms with Crippen LogP contribution in [-0.4, -0.2) is 4.92 Å². The second-order valence-electron chi connectivity index (χ2n) is 3.95. The van der Waals surface area contributed by atoms with Gasteiger partial charge < -0.3 is 5.32 Å². The van der Waals surface area contributed by atoms with Gasteiger partial charge in [-0.15, -0.1) is 11.3 Å². The van der Waals surface area contributed by atoms with Gasteiger partial charge in [0, 0.05) is 33.2 Å². The van der Waals surface area contributed by atoms with E-state index in [4.69, 9.17) is 0 Å². The average molecular weight is 406 g/mol. The number of nitrogens with one attached hydrogen (secondary N) is 1. The monoisotopic (exact) mass is 404 g/mol. The topological polar surface area (TPSA) is 55.2 Å². The fraction of sp³-hybridized carbons (Fsp3) is 0.167. The van der Waals surface area contributed by atoms with Crippen LogP contribution in [0.5, 0.6) is 0 Å². The van der Waals surface area contributed by atoms with Crippen LogP contribution in [-0.2, 0) is 6.54 Å². The van der Waals surface area contributed by atoms with E-state index in [2.05, 4.69) is 37.2 Å². The van der Waals surface area contributed by atoms with Gasteiger partial charge in [0.2, 0.25) is 0 Å². The Morgan fingerprint density at radius 1 is 1.37 bits per heavy atom. The van der Waals surface area contributed by atoms with E-state index in [-0.39, 0.29) is 10.6 Å². The third-order valence-electron chi connectivity index (χ3n) is 2.56. The maximum absolute atomic E-state index is 10.7. The third kappa shape index (κ3) is 3.55. The molecular weight excluding hydrogens is 396 g/mol. The van der Waals surface area contributed by atoms with Gasteiger partial charge in [0.15, 0.2) is 0 Å². The standard InChI is InChI=1S/C12H10Br2N2O2S/c1-7-4-8(2-3-11(7)16(17)18)15-6-9-5-10(13)12(14)19-9/h2-5,15H,6H2,1H3. The summed E-state index contributed by atoms with van der Waals surface area (Å²) in [5.41, 5.74) is 1.68. The van der Waals surface area contributed by atoms with E-state index in [1.165, 1.54) is 10.9 Å². The molecule has 1 aromatic carbocycles. The molecule has 0 aliphatic rings. The number of hydrogen-bond acceptors (Lipinski definition) is 4. The minimum Gasteiger partial charge on any atom is -0.380 e. The summed E-state index contributed by atoms with van der Waals surface area (Å²) < 4.78 is 2.10. The van der Waals surface area contributed by atoms with Gasteiger partial charge in [-0.05, 0) is 57.0 Å². The largest absolute Gasteiger partial charge is 0.380 e. The average Bonchev–Trinajstić information content (AvgIpc) is 2.66. The van der Waals surface area contributed by atoms with E-state index in [1.807, 2.05) is 6.07 Å². The second kappa shape index (κ2) is 6.02. The number of rotatable bonds is 4. The van der Waals surface area contributed by atoms with Crippen molar-refractivity contribution < 1.29 is 4.92 Å². The molecule has 0 spiro atoms. The molecule has 1 aromatic heterocycles. The molecule has 0 fully saturated rings. The molecular formula is C12H10Br2N2O2S. The van der Waals surface area contributed by atoms with Gasteiger partial charge in [0.25, 0.3) is 5.69 Å². The van der Waals surface area contributed by atoms with Crippen molar-refractivity contribution >= 4 is 54.6 Å². The first-order valence-corrected chi connectivity index (χ1v) is 7.80. The van der Waals surface area contributed by atoms with Crippen molar-refractivity contribution in [2.24, 2.45) is 0 Å². The molecule has 0 aliphatic heterocycles. The molecule has 100 valence electrons. The van der Waals surface area contributed by atoms with Gasteiger partial charge in [-0.3, -0.25) is 10.1 Å². The van der Waals surface area contributed by atoms with E-state index in [9.17, 15) is 10.1 Å². The number of nitrogens with zero attached hydrogens (tertiary/aromatic N) is 1. The Balaban J connectivity index is 2.08. The number of aryl methyl sites for hydroxylation is 1. The molecule has 1 heterocycles. The first-order valence-electron chi connectivity index (χ1n) is 5.40. The van der Waals surface area contributed by atoms with Crippen LogP contribution in [0, 0.1) is 17.0 Å². The summed E-state index contributed by atoms with van der Waals surface area (Å²) in [6.07, 6.45) is 0. The molecule has 2 rings (SSSR count). The Hall–Kier alpha value is -0.920. The highest BCUT2D eigenvalue weighted by atomic mass is 79.9. The first-order chi connectivity index (χ1) is 8.97. The van der Waals surface area contributed by atoms with Crippen molar-refractivity contribution in [1.82, 2.24) is 0 Å². The van der Waals surface area contributed by atoms with Gasteiger partial charge in [-0.25, -0.2) is 0 Å². The second-order valence-corrected chi connectivity index (χ2v) is 7.26. The zero-order chi connectivity index (χ0) is 14.0. The lowest BCUT2D eigenvalue weighted by molar-refractivity contribution is -0.385. The first kappa shape index (κ1) is 14.5. The summed E-state index contributed by atoms with van der Waals surface area (Å²) in [4.78, 5) is 11.5. The van der Waals surface area contributed by atoms with E-state index in [1.54, 1.807) is 30.4 Å². The number of hydrogen-bond donors (Lipinski definition) is 1. The Bertz CT molecular complexity index is 609. The van der Waals surface area contributed by atoms with Crippen LogP contribution in [0.15, 0.2) is 32.5 Å². The van der Waals surface area contributed by atoms with Crippen LogP contribution in [0.2, 0.25) is 0 Å². The Labute approximate surface area is 131 Å². The molecule has 0 atom stereocenters. The van der Waals surface area contributed by atoms with Gasteiger partial charge in [-0.2, -0.15) is 0 Å².